The number of benzene rings is 2. The third kappa shape index (κ3) is 3.93. The van der Waals surface area contributed by atoms with Gasteiger partial charge in [-0.1, -0.05) is 24.3 Å². The van der Waals surface area contributed by atoms with Crippen LogP contribution in [0.5, 0.6) is 11.5 Å². The number of hydrogen-bond acceptors (Lipinski definition) is 5. The third-order valence-electron chi connectivity index (χ3n) is 4.82. The molecule has 1 amide bonds. The van der Waals surface area contributed by atoms with E-state index in [2.05, 4.69) is 15.3 Å². The summed E-state index contributed by atoms with van der Waals surface area (Å²) >= 11 is 0. The lowest BCUT2D eigenvalue weighted by Gasteiger charge is -2.13. The van der Waals surface area contributed by atoms with E-state index < -0.39 is 0 Å². The molecule has 30 heavy (non-hydrogen) atoms. The van der Waals surface area contributed by atoms with Gasteiger partial charge in [0.25, 0.3) is 5.91 Å². The number of nitrogens with one attached hydrogen (secondary N) is 1. The summed E-state index contributed by atoms with van der Waals surface area (Å²) in [4.78, 5) is 22.2. The number of hydrogen-bond donors (Lipinski definition) is 1. The highest BCUT2D eigenvalue weighted by atomic mass is 16.5. The first-order valence-corrected chi connectivity index (χ1v) is 9.50. The van der Waals surface area contributed by atoms with Crippen LogP contribution in [0.15, 0.2) is 72.9 Å². The average molecular weight is 399 g/mol. The standard InChI is InChI=1S/C24H21N3O3/c1-29-17-10-11-23(30-2)16(13-17)15-26-24(28)19-14-22(21-9-5-6-12-25-21)27-20-8-4-3-7-18(19)20/h3-14H,15H2,1-2H3,(H,26,28). The lowest BCUT2D eigenvalue weighted by Crippen LogP contribution is -2.23. The number of ether oxygens (including phenoxy) is 2. The first kappa shape index (κ1) is 19.4. The summed E-state index contributed by atoms with van der Waals surface area (Å²) in [6, 6.07) is 20.5. The van der Waals surface area contributed by atoms with Crippen molar-refractivity contribution in [3.8, 4) is 22.9 Å². The van der Waals surface area contributed by atoms with E-state index in [4.69, 9.17) is 9.47 Å². The third-order valence-corrected chi connectivity index (χ3v) is 4.82. The van der Waals surface area contributed by atoms with Crippen LogP contribution in [0.2, 0.25) is 0 Å². The van der Waals surface area contributed by atoms with Gasteiger partial charge in [-0.15, -0.1) is 0 Å². The van der Waals surface area contributed by atoms with Gasteiger partial charge < -0.3 is 14.8 Å². The van der Waals surface area contributed by atoms with Gasteiger partial charge in [0.1, 0.15) is 11.5 Å². The molecule has 4 rings (SSSR count). The molecule has 2 heterocycles. The summed E-state index contributed by atoms with van der Waals surface area (Å²) in [5.74, 6) is 1.19. The molecular formula is C24H21N3O3. The zero-order valence-corrected chi connectivity index (χ0v) is 16.8. The second kappa shape index (κ2) is 8.61. The molecule has 0 spiro atoms. The van der Waals surface area contributed by atoms with Crippen LogP contribution in [-0.2, 0) is 6.54 Å². The fourth-order valence-corrected chi connectivity index (χ4v) is 3.30. The minimum atomic E-state index is -0.198. The highest BCUT2D eigenvalue weighted by molar-refractivity contribution is 6.07. The summed E-state index contributed by atoms with van der Waals surface area (Å²) in [5, 5.41) is 3.77. The molecule has 0 saturated carbocycles. The van der Waals surface area contributed by atoms with Crippen molar-refractivity contribution >= 4 is 16.8 Å². The second-order valence-corrected chi connectivity index (χ2v) is 6.65. The largest absolute Gasteiger partial charge is 0.497 e. The summed E-state index contributed by atoms with van der Waals surface area (Å²) in [6.07, 6.45) is 1.71. The first-order valence-electron chi connectivity index (χ1n) is 9.50. The van der Waals surface area contributed by atoms with E-state index in [-0.39, 0.29) is 5.91 Å². The predicted molar refractivity (Wildman–Crippen MR) is 116 cm³/mol. The maximum atomic E-state index is 13.1. The van der Waals surface area contributed by atoms with Gasteiger partial charge in [-0.2, -0.15) is 0 Å². The van der Waals surface area contributed by atoms with Gasteiger partial charge in [0.15, 0.2) is 0 Å². The van der Waals surface area contributed by atoms with Crippen molar-refractivity contribution in [2.24, 2.45) is 0 Å². The Hall–Kier alpha value is -3.93. The summed E-state index contributed by atoms with van der Waals surface area (Å²) < 4.78 is 10.7. The fourth-order valence-electron chi connectivity index (χ4n) is 3.30. The van der Waals surface area contributed by atoms with E-state index in [0.29, 0.717) is 35.0 Å². The van der Waals surface area contributed by atoms with Crippen LogP contribution in [0.25, 0.3) is 22.3 Å². The maximum Gasteiger partial charge on any atom is 0.252 e. The summed E-state index contributed by atoms with van der Waals surface area (Å²) in [7, 11) is 3.20. The minimum absolute atomic E-state index is 0.198. The first-order chi connectivity index (χ1) is 14.7. The molecule has 6 heteroatoms. The number of rotatable bonds is 6. The molecular weight excluding hydrogens is 378 g/mol. The van der Waals surface area contributed by atoms with Crippen molar-refractivity contribution in [1.82, 2.24) is 15.3 Å². The SMILES string of the molecule is COc1ccc(OC)c(CNC(=O)c2cc(-c3ccccn3)nc3ccccc23)c1. The highest BCUT2D eigenvalue weighted by Gasteiger charge is 2.15. The van der Waals surface area contributed by atoms with E-state index >= 15 is 0 Å². The van der Waals surface area contributed by atoms with Gasteiger partial charge in [-0.3, -0.25) is 9.78 Å². The molecule has 4 aromatic rings. The zero-order chi connectivity index (χ0) is 20.9. The molecule has 0 saturated heterocycles. The Morgan fingerprint density at radius 2 is 1.77 bits per heavy atom. The molecule has 6 nitrogen and oxygen atoms in total. The minimum Gasteiger partial charge on any atom is -0.497 e. The van der Waals surface area contributed by atoms with Crippen molar-refractivity contribution in [2.45, 2.75) is 6.54 Å². The predicted octanol–water partition coefficient (Wildman–Crippen LogP) is 4.24. The Labute approximate surface area is 174 Å². The molecule has 2 aromatic heterocycles. The molecule has 0 aliphatic carbocycles. The van der Waals surface area contributed by atoms with E-state index in [0.717, 1.165) is 16.5 Å². The number of para-hydroxylation sites is 1. The highest BCUT2D eigenvalue weighted by Crippen LogP contribution is 2.26. The Kier molecular flexibility index (Phi) is 5.57. The number of carbonyl (C=O) groups excluding carboxylic acids is 1. The smallest absolute Gasteiger partial charge is 0.252 e. The number of carbonyl (C=O) groups is 1. The number of amides is 1. The molecule has 0 atom stereocenters. The van der Waals surface area contributed by atoms with Crippen LogP contribution in [0.3, 0.4) is 0 Å². The van der Waals surface area contributed by atoms with Crippen LogP contribution >= 0.6 is 0 Å². The lowest BCUT2D eigenvalue weighted by atomic mass is 10.1. The molecule has 0 radical (unpaired) electrons. The Balaban J connectivity index is 1.68. The van der Waals surface area contributed by atoms with Crippen LogP contribution in [0.1, 0.15) is 15.9 Å². The Morgan fingerprint density at radius 3 is 2.53 bits per heavy atom. The maximum absolute atomic E-state index is 13.1. The number of nitrogens with zero attached hydrogens (tertiary/aromatic N) is 2. The number of aromatic nitrogens is 2. The molecule has 150 valence electrons. The lowest BCUT2D eigenvalue weighted by molar-refractivity contribution is 0.0952. The molecule has 0 aliphatic heterocycles. The van der Waals surface area contributed by atoms with Crippen molar-refractivity contribution < 1.29 is 14.3 Å². The van der Waals surface area contributed by atoms with Crippen LogP contribution < -0.4 is 14.8 Å². The van der Waals surface area contributed by atoms with Crippen molar-refractivity contribution in [3.05, 3.63) is 84.1 Å². The number of pyridine rings is 2. The molecule has 0 fully saturated rings. The van der Waals surface area contributed by atoms with Crippen LogP contribution in [0, 0.1) is 0 Å². The van der Waals surface area contributed by atoms with Crippen molar-refractivity contribution in [2.75, 3.05) is 14.2 Å². The zero-order valence-electron chi connectivity index (χ0n) is 16.8. The summed E-state index contributed by atoms with van der Waals surface area (Å²) in [5.41, 5.74) is 3.48. The van der Waals surface area contributed by atoms with Gasteiger partial charge in [0.05, 0.1) is 36.7 Å². The molecule has 0 bridgehead atoms. The van der Waals surface area contributed by atoms with E-state index in [1.807, 2.05) is 60.7 Å². The van der Waals surface area contributed by atoms with Gasteiger partial charge >= 0.3 is 0 Å². The van der Waals surface area contributed by atoms with Gasteiger partial charge in [0.2, 0.25) is 0 Å². The van der Waals surface area contributed by atoms with Gasteiger partial charge in [0, 0.05) is 23.7 Å². The van der Waals surface area contributed by atoms with E-state index in [1.165, 1.54) is 0 Å². The van der Waals surface area contributed by atoms with E-state index in [1.54, 1.807) is 26.5 Å². The van der Waals surface area contributed by atoms with Gasteiger partial charge in [-0.25, -0.2) is 4.98 Å². The van der Waals surface area contributed by atoms with Crippen molar-refractivity contribution in [1.29, 1.82) is 0 Å². The molecule has 2 aromatic carbocycles. The fraction of sp³-hybridized carbons (Fsp3) is 0.125. The average Bonchev–Trinajstić information content (AvgIpc) is 2.82. The monoisotopic (exact) mass is 399 g/mol. The van der Waals surface area contributed by atoms with Crippen molar-refractivity contribution in [3.63, 3.8) is 0 Å². The second-order valence-electron chi connectivity index (χ2n) is 6.65. The Morgan fingerprint density at radius 1 is 0.933 bits per heavy atom. The quantitative estimate of drug-likeness (QED) is 0.525. The van der Waals surface area contributed by atoms with E-state index in [9.17, 15) is 4.79 Å². The topological polar surface area (TPSA) is 73.3 Å². The normalized spacial score (nSPS) is 10.6. The molecule has 0 aliphatic rings. The van der Waals surface area contributed by atoms with Crippen LogP contribution in [0.4, 0.5) is 0 Å². The molecule has 1 N–H and O–H groups in total. The van der Waals surface area contributed by atoms with Crippen LogP contribution in [-0.4, -0.2) is 30.1 Å². The number of methoxy groups -OCH3 is 2. The number of fused-ring (bicyclic) bond motifs is 1. The Bertz CT molecular complexity index is 1190. The summed E-state index contributed by atoms with van der Waals surface area (Å²) in [6.45, 7) is 0.300. The molecule has 0 unspecified atom stereocenters. The van der Waals surface area contributed by atoms with Gasteiger partial charge in [-0.05, 0) is 42.5 Å².